The molecule has 1 aromatic carbocycles. The van der Waals surface area contributed by atoms with E-state index < -0.39 is 0 Å². The van der Waals surface area contributed by atoms with Crippen LogP contribution in [-0.4, -0.2) is 11.9 Å². The van der Waals surface area contributed by atoms with Crippen molar-refractivity contribution in [3.05, 3.63) is 29.8 Å². The number of hydrazine groups is 1. The summed E-state index contributed by atoms with van der Waals surface area (Å²) in [5.74, 6) is 5.74. The number of hydrogen-bond donors (Lipinski definition) is 4. The quantitative estimate of drug-likeness (QED) is 0.249. The zero-order chi connectivity index (χ0) is 9.97. The third kappa shape index (κ3) is 2.03. The van der Waals surface area contributed by atoms with E-state index in [4.69, 9.17) is 11.3 Å². The molecule has 0 aromatic heterocycles. The van der Waals surface area contributed by atoms with Crippen LogP contribution in [0.15, 0.2) is 24.3 Å². The van der Waals surface area contributed by atoms with E-state index in [-0.39, 0.29) is 0 Å². The van der Waals surface area contributed by atoms with Crippen molar-refractivity contribution in [2.45, 2.75) is 18.9 Å². The van der Waals surface area contributed by atoms with Gasteiger partial charge in [-0.15, -0.1) is 0 Å². The van der Waals surface area contributed by atoms with Crippen LogP contribution < -0.4 is 16.6 Å². The van der Waals surface area contributed by atoms with E-state index in [2.05, 4.69) is 10.7 Å². The number of anilines is 1. The normalized spacial score (nSPS) is 14.9. The number of nitrogens with two attached hydrogens (primary N) is 1. The summed E-state index contributed by atoms with van der Waals surface area (Å²) in [7, 11) is 0. The maximum absolute atomic E-state index is 7.76. The smallest absolute Gasteiger partial charge is 0.125 e. The van der Waals surface area contributed by atoms with Crippen LogP contribution in [0.4, 0.5) is 5.69 Å². The van der Waals surface area contributed by atoms with E-state index in [1.165, 1.54) is 12.8 Å². The van der Waals surface area contributed by atoms with Gasteiger partial charge in [0.25, 0.3) is 0 Å². The number of nitrogens with one attached hydrogen (secondary N) is 3. The van der Waals surface area contributed by atoms with Crippen molar-refractivity contribution in [2.75, 3.05) is 5.43 Å². The molecule has 74 valence electrons. The second kappa shape index (κ2) is 3.67. The van der Waals surface area contributed by atoms with Gasteiger partial charge < -0.3 is 10.7 Å². The molecule has 1 aliphatic rings. The van der Waals surface area contributed by atoms with E-state index in [9.17, 15) is 0 Å². The highest BCUT2D eigenvalue weighted by molar-refractivity contribution is 5.96. The van der Waals surface area contributed by atoms with Gasteiger partial charge in [-0.25, -0.2) is 0 Å². The lowest BCUT2D eigenvalue weighted by molar-refractivity contribution is 0.901. The van der Waals surface area contributed by atoms with Gasteiger partial charge in [0.2, 0.25) is 0 Å². The third-order valence-corrected chi connectivity index (χ3v) is 2.27. The molecule has 0 aliphatic heterocycles. The van der Waals surface area contributed by atoms with Crippen LogP contribution in [-0.2, 0) is 0 Å². The van der Waals surface area contributed by atoms with Gasteiger partial charge in [-0.1, -0.05) is 0 Å². The van der Waals surface area contributed by atoms with E-state index in [1.807, 2.05) is 24.3 Å². The summed E-state index contributed by atoms with van der Waals surface area (Å²) in [5.41, 5.74) is 4.31. The standard InChI is InChI=1S/C10H14N4/c11-10(13-8-5-6-8)7-1-3-9(14-12)4-2-7/h1-4,8,14H,5-6,12H2,(H2,11,13). The summed E-state index contributed by atoms with van der Waals surface area (Å²) in [6, 6.07) is 8.01. The molecular formula is C10H14N4. The first kappa shape index (κ1) is 9.02. The molecule has 14 heavy (non-hydrogen) atoms. The van der Waals surface area contributed by atoms with Crippen molar-refractivity contribution in [3.8, 4) is 0 Å². The Bertz CT molecular complexity index is 326. The molecule has 1 fully saturated rings. The summed E-state index contributed by atoms with van der Waals surface area (Å²) < 4.78 is 0. The van der Waals surface area contributed by atoms with Gasteiger partial charge in [-0.05, 0) is 37.1 Å². The van der Waals surface area contributed by atoms with E-state index in [0.29, 0.717) is 11.9 Å². The third-order valence-electron chi connectivity index (χ3n) is 2.27. The maximum atomic E-state index is 7.76. The molecule has 5 N–H and O–H groups in total. The van der Waals surface area contributed by atoms with E-state index >= 15 is 0 Å². The minimum absolute atomic E-state index is 0.496. The Kier molecular flexibility index (Phi) is 2.37. The van der Waals surface area contributed by atoms with Gasteiger partial charge in [-0.3, -0.25) is 11.3 Å². The van der Waals surface area contributed by atoms with Crippen LogP contribution in [0.2, 0.25) is 0 Å². The molecule has 0 unspecified atom stereocenters. The highest BCUT2D eigenvalue weighted by Gasteiger charge is 2.22. The molecule has 4 nitrogen and oxygen atoms in total. The zero-order valence-electron chi connectivity index (χ0n) is 7.88. The number of benzene rings is 1. The van der Waals surface area contributed by atoms with Crippen LogP contribution in [0.3, 0.4) is 0 Å². The Labute approximate surface area is 83.0 Å². The molecule has 4 heteroatoms. The fourth-order valence-corrected chi connectivity index (χ4v) is 1.25. The number of nitrogen functional groups attached to an aromatic ring is 1. The summed E-state index contributed by atoms with van der Waals surface area (Å²) in [6.07, 6.45) is 2.37. The lowest BCUT2D eigenvalue weighted by Crippen LogP contribution is -2.25. The average Bonchev–Trinajstić information content (AvgIpc) is 3.02. The lowest BCUT2D eigenvalue weighted by atomic mass is 10.2. The summed E-state index contributed by atoms with van der Waals surface area (Å²) in [6.45, 7) is 0. The Hall–Kier alpha value is -1.55. The Balaban J connectivity index is 2.03. The number of hydrogen-bond acceptors (Lipinski definition) is 3. The highest BCUT2D eigenvalue weighted by atomic mass is 15.2. The second-order valence-electron chi connectivity index (χ2n) is 3.52. The summed E-state index contributed by atoms with van der Waals surface area (Å²) in [4.78, 5) is 0. The number of amidine groups is 1. The topological polar surface area (TPSA) is 73.9 Å². The predicted octanol–water partition coefficient (Wildman–Crippen LogP) is 1.05. The molecule has 1 aromatic rings. The average molecular weight is 190 g/mol. The van der Waals surface area contributed by atoms with Crippen molar-refractivity contribution in [1.29, 1.82) is 5.41 Å². The first-order valence-electron chi connectivity index (χ1n) is 4.72. The molecule has 0 amide bonds. The van der Waals surface area contributed by atoms with Gasteiger partial charge in [0, 0.05) is 17.3 Å². The molecule has 0 spiro atoms. The SMILES string of the molecule is N=C(NC1CC1)c1ccc(NN)cc1. The monoisotopic (exact) mass is 190 g/mol. The second-order valence-corrected chi connectivity index (χ2v) is 3.52. The van der Waals surface area contributed by atoms with Crippen molar-refractivity contribution < 1.29 is 0 Å². The van der Waals surface area contributed by atoms with Gasteiger partial charge in [-0.2, -0.15) is 0 Å². The van der Waals surface area contributed by atoms with Crippen LogP contribution in [0.5, 0.6) is 0 Å². The Morgan fingerprint density at radius 3 is 2.43 bits per heavy atom. The van der Waals surface area contributed by atoms with E-state index in [0.717, 1.165) is 11.3 Å². The molecule has 1 aliphatic carbocycles. The van der Waals surface area contributed by atoms with E-state index in [1.54, 1.807) is 0 Å². The van der Waals surface area contributed by atoms with Crippen LogP contribution >= 0.6 is 0 Å². The highest BCUT2D eigenvalue weighted by Crippen LogP contribution is 2.19. The lowest BCUT2D eigenvalue weighted by Gasteiger charge is -2.07. The molecule has 0 saturated heterocycles. The zero-order valence-corrected chi connectivity index (χ0v) is 7.88. The summed E-state index contributed by atoms with van der Waals surface area (Å²) in [5, 5.41) is 10.9. The Morgan fingerprint density at radius 1 is 1.29 bits per heavy atom. The molecule has 0 atom stereocenters. The summed E-state index contributed by atoms with van der Waals surface area (Å²) >= 11 is 0. The molecular weight excluding hydrogens is 176 g/mol. The van der Waals surface area contributed by atoms with Crippen LogP contribution in [0, 0.1) is 5.41 Å². The minimum Gasteiger partial charge on any atom is -0.367 e. The first-order chi connectivity index (χ1) is 6.79. The first-order valence-corrected chi connectivity index (χ1v) is 4.72. The van der Waals surface area contributed by atoms with Crippen LogP contribution in [0.1, 0.15) is 18.4 Å². The van der Waals surface area contributed by atoms with Crippen molar-refractivity contribution >= 4 is 11.5 Å². The predicted molar refractivity (Wildman–Crippen MR) is 57.2 cm³/mol. The molecule has 0 bridgehead atoms. The largest absolute Gasteiger partial charge is 0.367 e. The van der Waals surface area contributed by atoms with Crippen molar-refractivity contribution in [3.63, 3.8) is 0 Å². The van der Waals surface area contributed by atoms with Gasteiger partial charge in [0.15, 0.2) is 0 Å². The molecule has 0 radical (unpaired) electrons. The molecule has 2 rings (SSSR count). The minimum atomic E-state index is 0.496. The van der Waals surface area contributed by atoms with Gasteiger partial charge in [0.1, 0.15) is 5.84 Å². The van der Waals surface area contributed by atoms with Crippen molar-refractivity contribution in [2.24, 2.45) is 5.84 Å². The molecule has 0 heterocycles. The van der Waals surface area contributed by atoms with Crippen LogP contribution in [0.25, 0.3) is 0 Å². The fraction of sp³-hybridized carbons (Fsp3) is 0.300. The number of rotatable bonds is 3. The van der Waals surface area contributed by atoms with Gasteiger partial charge >= 0.3 is 0 Å². The maximum Gasteiger partial charge on any atom is 0.125 e. The Morgan fingerprint density at radius 2 is 1.93 bits per heavy atom. The molecule has 1 saturated carbocycles. The van der Waals surface area contributed by atoms with Crippen molar-refractivity contribution in [1.82, 2.24) is 5.32 Å². The van der Waals surface area contributed by atoms with Gasteiger partial charge in [0.05, 0.1) is 0 Å². The fourth-order valence-electron chi connectivity index (χ4n) is 1.25.